The van der Waals surface area contributed by atoms with Gasteiger partial charge in [-0.2, -0.15) is 0 Å². The lowest BCUT2D eigenvalue weighted by atomic mass is 9.75. The van der Waals surface area contributed by atoms with Crippen LogP contribution < -0.4 is 5.32 Å². The van der Waals surface area contributed by atoms with Gasteiger partial charge in [0.15, 0.2) is 0 Å². The maximum atomic E-state index is 13.2. The standard InChI is InChI=1S/C22H28N2O2/c1-22(19-9-4-2-5-10-19,20-11-6-3-7-12-20)21(25)23-13-8-14-24-15-17-26-18-16-24/h2-7,9-12H,8,13-18H2,1H3,(H,23,25). The summed E-state index contributed by atoms with van der Waals surface area (Å²) in [5.41, 5.74) is 1.33. The van der Waals surface area contributed by atoms with Gasteiger partial charge in [0.2, 0.25) is 5.91 Å². The Balaban J connectivity index is 1.66. The topological polar surface area (TPSA) is 41.6 Å². The molecule has 1 heterocycles. The van der Waals surface area contributed by atoms with E-state index in [9.17, 15) is 4.79 Å². The van der Waals surface area contributed by atoms with Crippen LogP contribution in [0, 0.1) is 0 Å². The van der Waals surface area contributed by atoms with E-state index in [1.165, 1.54) is 0 Å². The smallest absolute Gasteiger partial charge is 0.234 e. The molecule has 26 heavy (non-hydrogen) atoms. The number of ether oxygens (including phenoxy) is 1. The molecule has 0 radical (unpaired) electrons. The molecule has 0 aromatic heterocycles. The van der Waals surface area contributed by atoms with Gasteiger partial charge in [0.25, 0.3) is 0 Å². The first-order valence-corrected chi connectivity index (χ1v) is 9.41. The van der Waals surface area contributed by atoms with Crippen LogP contribution in [-0.4, -0.2) is 50.2 Å². The molecule has 0 aliphatic carbocycles. The number of carbonyl (C=O) groups excluding carboxylic acids is 1. The van der Waals surface area contributed by atoms with E-state index in [2.05, 4.69) is 10.2 Å². The number of nitrogens with zero attached hydrogens (tertiary/aromatic N) is 1. The molecular weight excluding hydrogens is 324 g/mol. The van der Waals surface area contributed by atoms with E-state index in [0.717, 1.165) is 50.4 Å². The second kappa shape index (κ2) is 8.97. The Hall–Kier alpha value is -2.17. The second-order valence-corrected chi connectivity index (χ2v) is 6.92. The van der Waals surface area contributed by atoms with Crippen molar-refractivity contribution in [1.29, 1.82) is 0 Å². The van der Waals surface area contributed by atoms with Crippen molar-refractivity contribution in [3.63, 3.8) is 0 Å². The Bertz CT molecular complexity index is 642. The number of amides is 1. The van der Waals surface area contributed by atoms with Crippen LogP contribution in [0.25, 0.3) is 0 Å². The first-order chi connectivity index (χ1) is 12.7. The van der Waals surface area contributed by atoms with Crippen molar-refractivity contribution in [2.24, 2.45) is 0 Å². The van der Waals surface area contributed by atoms with Gasteiger partial charge in [0, 0.05) is 19.6 Å². The summed E-state index contributed by atoms with van der Waals surface area (Å²) in [6.45, 7) is 7.29. The first kappa shape index (κ1) is 18.6. The van der Waals surface area contributed by atoms with Crippen molar-refractivity contribution in [3.05, 3.63) is 71.8 Å². The highest BCUT2D eigenvalue weighted by molar-refractivity contribution is 5.91. The molecule has 0 atom stereocenters. The fourth-order valence-electron chi connectivity index (χ4n) is 3.48. The van der Waals surface area contributed by atoms with Crippen LogP contribution in [0.4, 0.5) is 0 Å². The Kier molecular flexibility index (Phi) is 6.42. The van der Waals surface area contributed by atoms with E-state index in [4.69, 9.17) is 4.74 Å². The van der Waals surface area contributed by atoms with Gasteiger partial charge in [-0.1, -0.05) is 60.7 Å². The molecule has 4 heteroatoms. The van der Waals surface area contributed by atoms with E-state index < -0.39 is 5.41 Å². The van der Waals surface area contributed by atoms with Gasteiger partial charge in [-0.15, -0.1) is 0 Å². The van der Waals surface area contributed by atoms with Gasteiger partial charge in [-0.05, 0) is 31.0 Å². The second-order valence-electron chi connectivity index (χ2n) is 6.92. The summed E-state index contributed by atoms with van der Waals surface area (Å²) >= 11 is 0. The predicted octanol–water partition coefficient (Wildman–Crippen LogP) is 2.83. The summed E-state index contributed by atoms with van der Waals surface area (Å²) in [5, 5.41) is 3.16. The Morgan fingerprint density at radius 2 is 1.54 bits per heavy atom. The minimum Gasteiger partial charge on any atom is -0.379 e. The normalized spacial score (nSPS) is 15.6. The van der Waals surface area contributed by atoms with E-state index >= 15 is 0 Å². The molecule has 0 spiro atoms. The lowest BCUT2D eigenvalue weighted by Gasteiger charge is -2.30. The molecule has 2 aromatic carbocycles. The number of hydrogen-bond donors (Lipinski definition) is 1. The van der Waals surface area contributed by atoms with Crippen LogP contribution in [0.5, 0.6) is 0 Å². The Morgan fingerprint density at radius 3 is 2.08 bits per heavy atom. The lowest BCUT2D eigenvalue weighted by molar-refractivity contribution is -0.124. The first-order valence-electron chi connectivity index (χ1n) is 9.41. The van der Waals surface area contributed by atoms with Crippen molar-refractivity contribution in [2.45, 2.75) is 18.8 Å². The van der Waals surface area contributed by atoms with Crippen LogP contribution in [-0.2, 0) is 14.9 Å². The predicted molar refractivity (Wildman–Crippen MR) is 104 cm³/mol. The molecule has 0 unspecified atom stereocenters. The third-order valence-corrected chi connectivity index (χ3v) is 5.20. The van der Waals surface area contributed by atoms with Gasteiger partial charge in [-0.3, -0.25) is 9.69 Å². The molecular formula is C22H28N2O2. The van der Waals surface area contributed by atoms with Gasteiger partial charge in [-0.25, -0.2) is 0 Å². The van der Waals surface area contributed by atoms with E-state index in [1.807, 2.05) is 67.6 Å². The number of hydrogen-bond acceptors (Lipinski definition) is 3. The average molecular weight is 352 g/mol. The molecule has 1 saturated heterocycles. The number of rotatable bonds is 7. The maximum absolute atomic E-state index is 13.2. The van der Waals surface area contributed by atoms with Crippen LogP contribution in [0.2, 0.25) is 0 Å². The highest BCUT2D eigenvalue weighted by Gasteiger charge is 2.36. The van der Waals surface area contributed by atoms with E-state index in [-0.39, 0.29) is 5.91 Å². The molecule has 4 nitrogen and oxygen atoms in total. The van der Waals surface area contributed by atoms with Crippen LogP contribution in [0.1, 0.15) is 24.5 Å². The third kappa shape index (κ3) is 4.32. The van der Waals surface area contributed by atoms with Gasteiger partial charge < -0.3 is 10.1 Å². The summed E-state index contributed by atoms with van der Waals surface area (Å²) in [6.07, 6.45) is 0.950. The Labute approximate surface area is 156 Å². The van der Waals surface area contributed by atoms with Crippen molar-refractivity contribution < 1.29 is 9.53 Å². The van der Waals surface area contributed by atoms with Gasteiger partial charge in [0.1, 0.15) is 0 Å². The largest absolute Gasteiger partial charge is 0.379 e. The molecule has 1 aliphatic rings. The zero-order chi connectivity index (χ0) is 18.2. The monoisotopic (exact) mass is 352 g/mol. The van der Waals surface area contributed by atoms with Crippen molar-refractivity contribution >= 4 is 5.91 Å². The van der Waals surface area contributed by atoms with Crippen molar-refractivity contribution in [1.82, 2.24) is 10.2 Å². The number of nitrogens with one attached hydrogen (secondary N) is 1. The zero-order valence-corrected chi connectivity index (χ0v) is 15.5. The summed E-state index contributed by atoms with van der Waals surface area (Å²) in [6, 6.07) is 20.0. The Morgan fingerprint density at radius 1 is 1.00 bits per heavy atom. The number of carbonyl (C=O) groups is 1. The van der Waals surface area contributed by atoms with Crippen LogP contribution in [0.3, 0.4) is 0 Å². The lowest BCUT2D eigenvalue weighted by Crippen LogP contribution is -2.44. The van der Waals surface area contributed by atoms with Crippen molar-refractivity contribution in [2.75, 3.05) is 39.4 Å². The fourth-order valence-corrected chi connectivity index (χ4v) is 3.48. The molecule has 1 fully saturated rings. The van der Waals surface area contributed by atoms with Crippen LogP contribution in [0.15, 0.2) is 60.7 Å². The summed E-state index contributed by atoms with van der Waals surface area (Å²) in [4.78, 5) is 15.6. The molecule has 1 aliphatic heterocycles. The number of morpholine rings is 1. The fraction of sp³-hybridized carbons (Fsp3) is 0.409. The number of benzene rings is 2. The summed E-state index contributed by atoms with van der Waals surface area (Å²) in [7, 11) is 0. The molecule has 138 valence electrons. The summed E-state index contributed by atoms with van der Waals surface area (Å²) in [5.74, 6) is 0.0527. The molecule has 0 bridgehead atoms. The maximum Gasteiger partial charge on any atom is 0.234 e. The van der Waals surface area contributed by atoms with Gasteiger partial charge >= 0.3 is 0 Å². The SMILES string of the molecule is CC(C(=O)NCCCN1CCOCC1)(c1ccccc1)c1ccccc1. The molecule has 0 saturated carbocycles. The third-order valence-electron chi connectivity index (χ3n) is 5.20. The minimum atomic E-state index is -0.693. The quantitative estimate of drug-likeness (QED) is 0.779. The van der Waals surface area contributed by atoms with E-state index in [0.29, 0.717) is 6.54 Å². The molecule has 1 N–H and O–H groups in total. The molecule has 3 rings (SSSR count). The summed E-state index contributed by atoms with van der Waals surface area (Å²) < 4.78 is 5.38. The van der Waals surface area contributed by atoms with Gasteiger partial charge in [0.05, 0.1) is 18.6 Å². The average Bonchev–Trinajstić information content (AvgIpc) is 2.72. The van der Waals surface area contributed by atoms with Crippen molar-refractivity contribution in [3.8, 4) is 0 Å². The minimum absolute atomic E-state index is 0.0527. The zero-order valence-electron chi connectivity index (χ0n) is 15.5. The highest BCUT2D eigenvalue weighted by Crippen LogP contribution is 2.32. The highest BCUT2D eigenvalue weighted by atomic mass is 16.5. The molecule has 2 aromatic rings. The van der Waals surface area contributed by atoms with Crippen LogP contribution >= 0.6 is 0 Å². The molecule has 1 amide bonds. The van der Waals surface area contributed by atoms with E-state index in [1.54, 1.807) is 0 Å².